The molecular weight excluding hydrogens is 312 g/mol. The zero-order valence-corrected chi connectivity index (χ0v) is 12.4. The molecule has 2 aromatic carbocycles. The molecule has 3 aromatic rings. The molecule has 0 spiro atoms. The molecular formula is C17H13BrN2. The molecule has 98 valence electrons. The summed E-state index contributed by atoms with van der Waals surface area (Å²) in [4.78, 5) is 9.13. The average Bonchev–Trinajstić information content (AvgIpc) is 2.51. The number of nitrogens with zero attached hydrogens (tertiary/aromatic N) is 2. The SMILES string of the molecule is Brc1ncc(-c2ccccc2)nc1Cc1ccccc1. The van der Waals surface area contributed by atoms with Crippen molar-refractivity contribution < 1.29 is 0 Å². The molecule has 0 saturated heterocycles. The number of hydrogen-bond acceptors (Lipinski definition) is 2. The molecule has 0 saturated carbocycles. The van der Waals surface area contributed by atoms with E-state index >= 15 is 0 Å². The predicted octanol–water partition coefficient (Wildman–Crippen LogP) is 4.50. The van der Waals surface area contributed by atoms with Crippen LogP contribution in [0.15, 0.2) is 71.5 Å². The number of aromatic nitrogens is 2. The van der Waals surface area contributed by atoms with Crippen LogP contribution in [0.1, 0.15) is 11.3 Å². The van der Waals surface area contributed by atoms with Crippen LogP contribution in [-0.2, 0) is 6.42 Å². The molecule has 0 aliphatic heterocycles. The summed E-state index contributed by atoms with van der Waals surface area (Å²) in [6.07, 6.45) is 2.57. The van der Waals surface area contributed by atoms with Crippen LogP contribution in [0.4, 0.5) is 0 Å². The van der Waals surface area contributed by atoms with Crippen molar-refractivity contribution in [3.05, 3.63) is 82.7 Å². The smallest absolute Gasteiger partial charge is 0.127 e. The summed E-state index contributed by atoms with van der Waals surface area (Å²) in [5.74, 6) is 0. The summed E-state index contributed by atoms with van der Waals surface area (Å²) in [5.41, 5.74) is 4.17. The molecule has 1 aromatic heterocycles. The average molecular weight is 325 g/mol. The molecule has 0 unspecified atom stereocenters. The Bertz CT molecular complexity index is 697. The minimum absolute atomic E-state index is 0.773. The van der Waals surface area contributed by atoms with Crippen LogP contribution < -0.4 is 0 Å². The van der Waals surface area contributed by atoms with Gasteiger partial charge in [-0.15, -0.1) is 0 Å². The van der Waals surface area contributed by atoms with Crippen molar-refractivity contribution in [2.45, 2.75) is 6.42 Å². The fraction of sp³-hybridized carbons (Fsp3) is 0.0588. The van der Waals surface area contributed by atoms with Crippen molar-refractivity contribution >= 4 is 15.9 Å². The van der Waals surface area contributed by atoms with E-state index in [0.717, 1.165) is 28.0 Å². The molecule has 20 heavy (non-hydrogen) atoms. The highest BCUT2D eigenvalue weighted by molar-refractivity contribution is 9.10. The van der Waals surface area contributed by atoms with Gasteiger partial charge in [0.15, 0.2) is 0 Å². The van der Waals surface area contributed by atoms with Gasteiger partial charge in [0.05, 0.1) is 17.6 Å². The van der Waals surface area contributed by atoms with Crippen molar-refractivity contribution in [1.29, 1.82) is 0 Å². The number of hydrogen-bond donors (Lipinski definition) is 0. The Morgan fingerprint density at radius 2 is 1.50 bits per heavy atom. The minimum atomic E-state index is 0.773. The van der Waals surface area contributed by atoms with Gasteiger partial charge in [0.2, 0.25) is 0 Å². The first-order valence-corrected chi connectivity index (χ1v) is 7.23. The summed E-state index contributed by atoms with van der Waals surface area (Å²) in [6, 6.07) is 20.4. The molecule has 0 bridgehead atoms. The first-order valence-electron chi connectivity index (χ1n) is 6.44. The third-order valence-corrected chi connectivity index (χ3v) is 3.74. The van der Waals surface area contributed by atoms with Crippen molar-refractivity contribution in [2.24, 2.45) is 0 Å². The molecule has 2 nitrogen and oxygen atoms in total. The molecule has 0 N–H and O–H groups in total. The second kappa shape index (κ2) is 5.97. The fourth-order valence-corrected chi connectivity index (χ4v) is 2.39. The topological polar surface area (TPSA) is 25.8 Å². The quantitative estimate of drug-likeness (QED) is 0.709. The Hall–Kier alpha value is -2.00. The molecule has 3 heteroatoms. The minimum Gasteiger partial charge on any atom is -0.248 e. The van der Waals surface area contributed by atoms with E-state index in [0.29, 0.717) is 0 Å². The maximum Gasteiger partial charge on any atom is 0.127 e. The molecule has 0 aliphatic rings. The maximum atomic E-state index is 4.73. The van der Waals surface area contributed by atoms with E-state index < -0.39 is 0 Å². The van der Waals surface area contributed by atoms with Gasteiger partial charge in [0.25, 0.3) is 0 Å². The van der Waals surface area contributed by atoms with Gasteiger partial charge in [-0.2, -0.15) is 0 Å². The highest BCUT2D eigenvalue weighted by Gasteiger charge is 2.07. The van der Waals surface area contributed by atoms with Gasteiger partial charge in [-0.1, -0.05) is 60.7 Å². The second-order valence-electron chi connectivity index (χ2n) is 4.52. The number of benzene rings is 2. The van der Waals surface area contributed by atoms with E-state index in [1.165, 1.54) is 5.56 Å². The van der Waals surface area contributed by atoms with Crippen LogP contribution in [0, 0.1) is 0 Å². The zero-order valence-electron chi connectivity index (χ0n) is 10.8. The van der Waals surface area contributed by atoms with Crippen molar-refractivity contribution in [2.75, 3.05) is 0 Å². The van der Waals surface area contributed by atoms with E-state index in [1.807, 2.05) is 48.5 Å². The largest absolute Gasteiger partial charge is 0.248 e. The molecule has 0 atom stereocenters. The van der Waals surface area contributed by atoms with Crippen molar-refractivity contribution in [3.63, 3.8) is 0 Å². The molecule has 1 heterocycles. The Morgan fingerprint density at radius 3 is 2.20 bits per heavy atom. The summed E-state index contributed by atoms with van der Waals surface area (Å²) in [7, 11) is 0. The van der Waals surface area contributed by atoms with Crippen LogP contribution in [0.5, 0.6) is 0 Å². The second-order valence-corrected chi connectivity index (χ2v) is 5.27. The van der Waals surface area contributed by atoms with Gasteiger partial charge >= 0.3 is 0 Å². The summed E-state index contributed by atoms with van der Waals surface area (Å²) in [6.45, 7) is 0. The zero-order chi connectivity index (χ0) is 13.8. The lowest BCUT2D eigenvalue weighted by molar-refractivity contribution is 1.01. The first-order chi connectivity index (χ1) is 9.83. The summed E-state index contributed by atoms with van der Waals surface area (Å²) >= 11 is 3.49. The van der Waals surface area contributed by atoms with Crippen LogP contribution in [-0.4, -0.2) is 9.97 Å². The lowest BCUT2D eigenvalue weighted by Crippen LogP contribution is -1.98. The fourth-order valence-electron chi connectivity index (χ4n) is 2.06. The standard InChI is InChI=1S/C17H13BrN2/c18-17-15(11-13-7-3-1-4-8-13)20-16(12-19-17)14-9-5-2-6-10-14/h1-10,12H,11H2. The summed E-state index contributed by atoms with van der Waals surface area (Å²) in [5, 5.41) is 0. The van der Waals surface area contributed by atoms with Gasteiger partial charge in [0.1, 0.15) is 4.60 Å². The first kappa shape index (κ1) is 13.0. The lowest BCUT2D eigenvalue weighted by Gasteiger charge is -2.06. The predicted molar refractivity (Wildman–Crippen MR) is 84.4 cm³/mol. The van der Waals surface area contributed by atoms with Crippen LogP contribution >= 0.6 is 15.9 Å². The molecule has 0 fully saturated rings. The van der Waals surface area contributed by atoms with E-state index in [9.17, 15) is 0 Å². The van der Waals surface area contributed by atoms with Gasteiger partial charge < -0.3 is 0 Å². The highest BCUT2D eigenvalue weighted by atomic mass is 79.9. The van der Waals surface area contributed by atoms with Crippen molar-refractivity contribution in [1.82, 2.24) is 9.97 Å². The Labute approximate surface area is 126 Å². The van der Waals surface area contributed by atoms with Crippen LogP contribution in [0.2, 0.25) is 0 Å². The van der Waals surface area contributed by atoms with Crippen LogP contribution in [0.3, 0.4) is 0 Å². The van der Waals surface area contributed by atoms with Crippen molar-refractivity contribution in [3.8, 4) is 11.3 Å². The number of halogens is 1. The van der Waals surface area contributed by atoms with E-state index in [2.05, 4.69) is 33.0 Å². The lowest BCUT2D eigenvalue weighted by atomic mass is 10.1. The Morgan fingerprint density at radius 1 is 0.850 bits per heavy atom. The monoisotopic (exact) mass is 324 g/mol. The van der Waals surface area contributed by atoms with E-state index in [1.54, 1.807) is 6.20 Å². The number of rotatable bonds is 3. The van der Waals surface area contributed by atoms with E-state index in [4.69, 9.17) is 4.98 Å². The third-order valence-electron chi connectivity index (χ3n) is 3.08. The molecule has 0 amide bonds. The highest BCUT2D eigenvalue weighted by Crippen LogP contribution is 2.21. The van der Waals surface area contributed by atoms with Gasteiger partial charge in [-0.3, -0.25) is 0 Å². The molecule has 0 aliphatic carbocycles. The molecule has 3 rings (SSSR count). The van der Waals surface area contributed by atoms with Gasteiger partial charge in [-0.25, -0.2) is 9.97 Å². The van der Waals surface area contributed by atoms with Gasteiger partial charge in [0, 0.05) is 12.0 Å². The van der Waals surface area contributed by atoms with Gasteiger partial charge in [-0.05, 0) is 21.5 Å². The maximum absolute atomic E-state index is 4.73. The summed E-state index contributed by atoms with van der Waals surface area (Å²) < 4.78 is 0.807. The van der Waals surface area contributed by atoms with Crippen LogP contribution in [0.25, 0.3) is 11.3 Å². The Kier molecular flexibility index (Phi) is 3.88. The Balaban J connectivity index is 1.95. The van der Waals surface area contributed by atoms with E-state index in [-0.39, 0.29) is 0 Å². The third kappa shape index (κ3) is 2.94. The molecule has 0 radical (unpaired) electrons. The normalized spacial score (nSPS) is 10.4.